The minimum Gasteiger partial charge on any atom is -0.381 e. The molecule has 0 saturated carbocycles. The second-order valence-electron chi connectivity index (χ2n) is 11.0. The van der Waals surface area contributed by atoms with Gasteiger partial charge in [-0.05, 0) is 54.5 Å². The molecule has 0 aliphatic carbocycles. The number of benzene rings is 2. The normalized spacial score (nSPS) is 18.3. The summed E-state index contributed by atoms with van der Waals surface area (Å²) in [5.41, 5.74) is 7.98. The molecule has 2 saturated heterocycles. The fraction of sp³-hybridized carbons (Fsp3) is 0.500. The van der Waals surface area contributed by atoms with E-state index in [1.54, 1.807) is 60.5 Å². The third-order valence-corrected chi connectivity index (χ3v) is 9.60. The second kappa shape index (κ2) is 15.1. The first-order chi connectivity index (χ1) is 20.6. The lowest BCUT2D eigenvalue weighted by Gasteiger charge is -2.33. The SMILES string of the molecule is CN(C(=O)C[C@@H](NS(=O)(=O)Cc1ccccc1)C(=O)N1CCC[C@H]1C(=O)NCc1cc(Cl)ccc1CN)C1CCOCC1. The number of sulfonamides is 1. The number of nitrogens with one attached hydrogen (secondary N) is 2. The monoisotopic (exact) mass is 633 g/mol. The summed E-state index contributed by atoms with van der Waals surface area (Å²) in [4.78, 5) is 43.6. The molecule has 0 bridgehead atoms. The number of carbonyl (C=O) groups excluding carboxylic acids is 3. The van der Waals surface area contributed by atoms with Crippen molar-refractivity contribution in [3.63, 3.8) is 0 Å². The molecule has 0 radical (unpaired) electrons. The van der Waals surface area contributed by atoms with Crippen LogP contribution < -0.4 is 15.8 Å². The van der Waals surface area contributed by atoms with Gasteiger partial charge < -0.3 is 25.6 Å². The number of amides is 3. The highest BCUT2D eigenvalue weighted by molar-refractivity contribution is 7.88. The molecule has 11 nitrogen and oxygen atoms in total. The molecule has 2 atom stereocenters. The molecule has 0 unspecified atom stereocenters. The maximum atomic E-state index is 13.9. The van der Waals surface area contributed by atoms with Crippen LogP contribution in [-0.4, -0.2) is 80.9 Å². The summed E-state index contributed by atoms with van der Waals surface area (Å²) in [6.07, 6.45) is 1.93. The Morgan fingerprint density at radius 2 is 1.81 bits per heavy atom. The Kier molecular flexibility index (Phi) is 11.6. The Morgan fingerprint density at radius 3 is 2.51 bits per heavy atom. The van der Waals surface area contributed by atoms with Gasteiger partial charge in [0, 0.05) is 51.0 Å². The van der Waals surface area contributed by atoms with Crippen molar-refractivity contribution in [2.75, 3.05) is 26.8 Å². The van der Waals surface area contributed by atoms with Gasteiger partial charge in [-0.1, -0.05) is 48.0 Å². The van der Waals surface area contributed by atoms with Gasteiger partial charge in [0.1, 0.15) is 12.1 Å². The van der Waals surface area contributed by atoms with Gasteiger partial charge in [-0.3, -0.25) is 14.4 Å². The van der Waals surface area contributed by atoms with Crippen LogP contribution in [0.2, 0.25) is 5.02 Å². The second-order valence-corrected chi connectivity index (χ2v) is 13.2. The summed E-state index contributed by atoms with van der Waals surface area (Å²) in [6, 6.07) is 11.6. The van der Waals surface area contributed by atoms with Gasteiger partial charge in [0.15, 0.2) is 0 Å². The van der Waals surface area contributed by atoms with Gasteiger partial charge in [-0.2, -0.15) is 0 Å². The lowest BCUT2D eigenvalue weighted by molar-refractivity contribution is -0.142. The van der Waals surface area contributed by atoms with E-state index in [-0.39, 0.29) is 49.7 Å². The van der Waals surface area contributed by atoms with Crippen LogP contribution in [0.4, 0.5) is 0 Å². The van der Waals surface area contributed by atoms with Crippen molar-refractivity contribution < 1.29 is 27.5 Å². The zero-order chi connectivity index (χ0) is 31.0. The molecule has 4 rings (SSSR count). The molecule has 43 heavy (non-hydrogen) atoms. The van der Waals surface area contributed by atoms with Crippen LogP contribution in [0.25, 0.3) is 0 Å². The first-order valence-corrected chi connectivity index (χ1v) is 16.5. The predicted octanol–water partition coefficient (Wildman–Crippen LogP) is 1.92. The van der Waals surface area contributed by atoms with E-state index in [9.17, 15) is 22.8 Å². The van der Waals surface area contributed by atoms with E-state index in [0.29, 0.717) is 49.5 Å². The molecule has 2 heterocycles. The summed E-state index contributed by atoms with van der Waals surface area (Å²) >= 11 is 6.13. The van der Waals surface area contributed by atoms with Crippen molar-refractivity contribution in [2.45, 2.75) is 69.1 Å². The Hall–Kier alpha value is -3.03. The molecular weight excluding hydrogens is 594 g/mol. The van der Waals surface area contributed by atoms with Crippen molar-refractivity contribution in [3.05, 3.63) is 70.2 Å². The van der Waals surface area contributed by atoms with Gasteiger partial charge in [0.25, 0.3) is 0 Å². The highest BCUT2D eigenvalue weighted by Crippen LogP contribution is 2.22. The van der Waals surface area contributed by atoms with Crippen LogP contribution in [0.15, 0.2) is 48.5 Å². The molecule has 4 N–H and O–H groups in total. The maximum Gasteiger partial charge on any atom is 0.243 e. The quantitative estimate of drug-likeness (QED) is 0.323. The Balaban J connectivity index is 1.50. The predicted molar refractivity (Wildman–Crippen MR) is 163 cm³/mol. The molecule has 2 aromatic rings. The molecule has 2 aromatic carbocycles. The van der Waals surface area contributed by atoms with E-state index in [2.05, 4.69) is 10.0 Å². The highest BCUT2D eigenvalue weighted by Gasteiger charge is 2.40. The van der Waals surface area contributed by atoms with Crippen LogP contribution >= 0.6 is 11.6 Å². The number of likely N-dealkylation sites (tertiary alicyclic amines) is 1. The first-order valence-electron chi connectivity index (χ1n) is 14.5. The summed E-state index contributed by atoms with van der Waals surface area (Å²) in [5.74, 6) is -1.68. The minimum absolute atomic E-state index is 0.0619. The van der Waals surface area contributed by atoms with Gasteiger partial charge in [0.2, 0.25) is 27.7 Å². The molecule has 3 amide bonds. The number of rotatable bonds is 12. The van der Waals surface area contributed by atoms with Crippen LogP contribution in [0.1, 0.15) is 48.8 Å². The Morgan fingerprint density at radius 1 is 1.09 bits per heavy atom. The standard InChI is InChI=1S/C30H40ClN5O6S/c1-35(25-11-14-42-15-12-25)28(37)17-26(34-43(40,41)20-21-6-3-2-4-7-21)30(39)36-13-5-8-27(36)29(38)33-19-23-16-24(31)10-9-22(23)18-32/h2-4,6-7,9-10,16,25-27,34H,5,8,11-15,17-20,32H2,1H3,(H,33,38)/t26-,27+/m1/s1. The fourth-order valence-corrected chi connectivity index (χ4v) is 7.11. The Labute approximate surface area is 258 Å². The summed E-state index contributed by atoms with van der Waals surface area (Å²) in [6.45, 7) is 1.77. The number of hydrogen-bond acceptors (Lipinski definition) is 7. The molecule has 2 aliphatic heterocycles. The number of hydrogen-bond donors (Lipinski definition) is 3. The summed E-state index contributed by atoms with van der Waals surface area (Å²) in [7, 11) is -2.35. The van der Waals surface area contributed by atoms with Crippen LogP contribution in [-0.2, 0) is 48.0 Å². The number of halogens is 1. The van der Waals surface area contributed by atoms with E-state index >= 15 is 0 Å². The highest BCUT2D eigenvalue weighted by atomic mass is 35.5. The van der Waals surface area contributed by atoms with Gasteiger partial charge >= 0.3 is 0 Å². The van der Waals surface area contributed by atoms with Crippen LogP contribution in [0, 0.1) is 0 Å². The van der Waals surface area contributed by atoms with E-state index in [1.807, 2.05) is 0 Å². The number of carbonyl (C=O) groups is 3. The fourth-order valence-electron chi connectivity index (χ4n) is 5.59. The summed E-state index contributed by atoms with van der Waals surface area (Å²) < 4.78 is 34.3. The minimum atomic E-state index is -4.01. The largest absolute Gasteiger partial charge is 0.381 e. The van der Waals surface area contributed by atoms with Gasteiger partial charge in [0.05, 0.1) is 12.2 Å². The van der Waals surface area contributed by atoms with Gasteiger partial charge in [-0.15, -0.1) is 0 Å². The molecule has 2 fully saturated rings. The zero-order valence-corrected chi connectivity index (χ0v) is 25.9. The van der Waals surface area contributed by atoms with E-state index < -0.39 is 28.0 Å². The van der Waals surface area contributed by atoms with E-state index in [4.69, 9.17) is 22.1 Å². The van der Waals surface area contributed by atoms with Crippen molar-refractivity contribution in [2.24, 2.45) is 5.73 Å². The molecular formula is C30H40ClN5O6S. The van der Waals surface area contributed by atoms with E-state index in [1.165, 1.54) is 4.90 Å². The smallest absolute Gasteiger partial charge is 0.243 e. The zero-order valence-electron chi connectivity index (χ0n) is 24.3. The van der Waals surface area contributed by atoms with Crippen molar-refractivity contribution in [3.8, 4) is 0 Å². The van der Waals surface area contributed by atoms with Crippen molar-refractivity contribution in [1.82, 2.24) is 19.8 Å². The van der Waals surface area contributed by atoms with Gasteiger partial charge in [-0.25, -0.2) is 13.1 Å². The number of nitrogens with zero attached hydrogens (tertiary/aromatic N) is 2. The number of ether oxygens (including phenoxy) is 1. The third-order valence-electron chi connectivity index (χ3n) is 8.01. The van der Waals surface area contributed by atoms with Crippen LogP contribution in [0.3, 0.4) is 0 Å². The van der Waals surface area contributed by atoms with Crippen LogP contribution in [0.5, 0.6) is 0 Å². The maximum absolute atomic E-state index is 13.9. The lowest BCUT2D eigenvalue weighted by atomic mass is 10.1. The average Bonchev–Trinajstić information content (AvgIpc) is 3.49. The summed E-state index contributed by atoms with van der Waals surface area (Å²) in [5, 5.41) is 3.39. The lowest BCUT2D eigenvalue weighted by Crippen LogP contribution is -2.55. The molecule has 234 valence electrons. The Bertz CT molecular complexity index is 1390. The molecule has 2 aliphatic rings. The van der Waals surface area contributed by atoms with E-state index in [0.717, 1.165) is 11.1 Å². The molecule has 0 spiro atoms. The number of nitrogens with two attached hydrogens (primary N) is 1. The molecule has 0 aromatic heterocycles. The average molecular weight is 634 g/mol. The van der Waals surface area contributed by atoms with Crippen molar-refractivity contribution >= 4 is 39.3 Å². The molecule has 13 heteroatoms. The third kappa shape index (κ3) is 8.99. The van der Waals surface area contributed by atoms with Crippen molar-refractivity contribution in [1.29, 1.82) is 0 Å². The first kappa shape index (κ1) is 32.9. The topological polar surface area (TPSA) is 151 Å².